The average molecular weight is 655 g/mol. The molecule has 0 saturated carbocycles. The number of pyridine rings is 1. The number of amides is 3. The zero-order chi connectivity index (χ0) is 32.5. The van der Waals surface area contributed by atoms with Gasteiger partial charge in [0.05, 0.1) is 24.3 Å². The first-order chi connectivity index (χ1) is 21.0. The molecule has 1 unspecified atom stereocenters. The number of nitrogens with zero attached hydrogens (tertiary/aromatic N) is 1. The Hall–Kier alpha value is -2.74. The highest BCUT2D eigenvalue weighted by molar-refractivity contribution is 8.00. The molecule has 2 aromatic rings. The van der Waals surface area contributed by atoms with Crippen LogP contribution in [0.25, 0.3) is 0 Å². The lowest BCUT2D eigenvalue weighted by Gasteiger charge is -2.31. The Bertz CT molecular complexity index is 1160. The van der Waals surface area contributed by atoms with Crippen molar-refractivity contribution in [3.8, 4) is 0 Å². The zero-order valence-electron chi connectivity index (χ0n) is 25.7. The second-order valence-electron chi connectivity index (χ2n) is 10.7. The molecule has 0 bridgehead atoms. The maximum atomic E-state index is 14.1. The van der Waals surface area contributed by atoms with Crippen molar-refractivity contribution >= 4 is 41.2 Å². The molecule has 0 radical (unpaired) electrons. The molecule has 1 aromatic heterocycles. The number of ether oxygens (including phenoxy) is 1. The molecule has 4 N–H and O–H groups in total. The van der Waals surface area contributed by atoms with Crippen molar-refractivity contribution in [2.45, 2.75) is 63.5 Å². The summed E-state index contributed by atoms with van der Waals surface area (Å²) in [6, 6.07) is 4.00. The largest absolute Gasteiger partial charge is 0.389 e. The van der Waals surface area contributed by atoms with Crippen LogP contribution in [-0.2, 0) is 20.7 Å². The van der Waals surface area contributed by atoms with Gasteiger partial charge in [0.15, 0.2) is 0 Å². The number of carbonyl (C=O) groups is 3. The number of halogens is 2. The number of thioether (sulfide) groups is 2. The molecule has 1 aromatic carbocycles. The standard InChI is InChI=1S/C31H44F2N4O5S2/c1-5-6-11-43-19-26(37-29(39)22-8-7-9-34-18-22)30(40)36-25(15-21-13-23(32)16-24(33)14-21)27(38)28(44-12-10-42-4)31(41)35-17-20(2)3/h7-9,13-14,16,18,20,25-28,38H,5-6,10-12,15,17,19H2,1-4H3,(H,35,41)(H,36,40)(H,37,39)/t25-,26?,27+,28+/m0/s1. The fourth-order valence-electron chi connectivity index (χ4n) is 4.10. The summed E-state index contributed by atoms with van der Waals surface area (Å²) in [7, 11) is 1.52. The summed E-state index contributed by atoms with van der Waals surface area (Å²) in [5.41, 5.74) is 0.454. The molecular formula is C31H44F2N4O5S2. The molecule has 2 rings (SSSR count). The number of carbonyl (C=O) groups excluding carboxylic acids is 3. The zero-order valence-corrected chi connectivity index (χ0v) is 27.3. The van der Waals surface area contributed by atoms with E-state index in [4.69, 9.17) is 4.74 Å². The number of aromatic nitrogens is 1. The van der Waals surface area contributed by atoms with Crippen LogP contribution < -0.4 is 16.0 Å². The van der Waals surface area contributed by atoms with Crippen LogP contribution in [0.1, 0.15) is 49.5 Å². The molecule has 0 aliphatic heterocycles. The van der Waals surface area contributed by atoms with Gasteiger partial charge in [-0.25, -0.2) is 8.78 Å². The minimum Gasteiger partial charge on any atom is -0.389 e. The maximum absolute atomic E-state index is 14.1. The molecule has 0 saturated heterocycles. The van der Waals surface area contributed by atoms with E-state index >= 15 is 0 Å². The van der Waals surface area contributed by atoms with Crippen LogP contribution in [0.2, 0.25) is 0 Å². The van der Waals surface area contributed by atoms with Crippen molar-refractivity contribution in [3.05, 3.63) is 65.5 Å². The van der Waals surface area contributed by atoms with E-state index in [2.05, 4.69) is 27.9 Å². The van der Waals surface area contributed by atoms with Gasteiger partial charge in [-0.05, 0) is 54.3 Å². The fourth-order valence-corrected chi connectivity index (χ4v) is 6.36. The molecular weight excluding hydrogens is 610 g/mol. The first kappa shape index (κ1) is 37.4. The summed E-state index contributed by atoms with van der Waals surface area (Å²) < 4.78 is 33.4. The Kier molecular flexibility index (Phi) is 17.3. The Morgan fingerprint density at radius 1 is 1.07 bits per heavy atom. The lowest BCUT2D eigenvalue weighted by Crippen LogP contribution is -2.57. The Balaban J connectivity index is 2.39. The molecule has 13 heteroatoms. The molecule has 9 nitrogen and oxygen atoms in total. The Labute approximate surface area is 267 Å². The van der Waals surface area contributed by atoms with Crippen LogP contribution in [0.15, 0.2) is 42.7 Å². The van der Waals surface area contributed by atoms with Gasteiger partial charge < -0.3 is 25.8 Å². The van der Waals surface area contributed by atoms with Crippen LogP contribution in [-0.4, -0.2) is 88.8 Å². The molecule has 0 fully saturated rings. The number of unbranched alkanes of at least 4 members (excludes halogenated alkanes) is 1. The van der Waals surface area contributed by atoms with Crippen LogP contribution in [0, 0.1) is 17.6 Å². The quantitative estimate of drug-likeness (QED) is 0.160. The molecule has 3 amide bonds. The van der Waals surface area contributed by atoms with Gasteiger partial charge in [-0.3, -0.25) is 19.4 Å². The third-order valence-corrected chi connectivity index (χ3v) is 8.83. The van der Waals surface area contributed by atoms with E-state index in [-0.39, 0.29) is 29.2 Å². The van der Waals surface area contributed by atoms with E-state index in [9.17, 15) is 28.3 Å². The first-order valence-electron chi connectivity index (χ1n) is 14.7. The highest BCUT2D eigenvalue weighted by Crippen LogP contribution is 2.22. The Morgan fingerprint density at radius 3 is 2.41 bits per heavy atom. The van der Waals surface area contributed by atoms with E-state index in [1.165, 1.54) is 31.3 Å². The SMILES string of the molecule is CCCCSCC(NC(=O)c1cccnc1)C(=O)N[C@@H](Cc1cc(F)cc(F)c1)[C@@H](O)[C@@H](SCCOC)C(=O)NCC(C)C. The third kappa shape index (κ3) is 13.5. The summed E-state index contributed by atoms with van der Waals surface area (Å²) >= 11 is 2.65. The van der Waals surface area contributed by atoms with E-state index in [1.54, 1.807) is 12.1 Å². The van der Waals surface area contributed by atoms with Crippen molar-refractivity contribution in [1.82, 2.24) is 20.9 Å². The van der Waals surface area contributed by atoms with Gasteiger partial charge in [0.25, 0.3) is 5.91 Å². The molecule has 4 atom stereocenters. The van der Waals surface area contributed by atoms with Gasteiger partial charge in [-0.15, -0.1) is 11.8 Å². The van der Waals surface area contributed by atoms with E-state index < -0.39 is 52.8 Å². The lowest BCUT2D eigenvalue weighted by molar-refractivity contribution is -0.126. The maximum Gasteiger partial charge on any atom is 0.253 e. The lowest BCUT2D eigenvalue weighted by atomic mass is 9.97. The summed E-state index contributed by atoms with van der Waals surface area (Å²) in [6.45, 7) is 6.60. The fraction of sp³-hybridized carbons (Fsp3) is 0.548. The van der Waals surface area contributed by atoms with Crippen LogP contribution in [0.3, 0.4) is 0 Å². The van der Waals surface area contributed by atoms with Crippen molar-refractivity contribution in [2.24, 2.45) is 5.92 Å². The second-order valence-corrected chi connectivity index (χ2v) is 13.1. The smallest absolute Gasteiger partial charge is 0.253 e. The molecule has 44 heavy (non-hydrogen) atoms. The van der Waals surface area contributed by atoms with Gasteiger partial charge in [0.1, 0.15) is 22.9 Å². The first-order valence-corrected chi connectivity index (χ1v) is 16.9. The summed E-state index contributed by atoms with van der Waals surface area (Å²) in [6.07, 6.45) is 3.17. The van der Waals surface area contributed by atoms with E-state index in [0.29, 0.717) is 18.9 Å². The van der Waals surface area contributed by atoms with Crippen molar-refractivity contribution < 1.29 is 33.0 Å². The second kappa shape index (κ2) is 20.3. The van der Waals surface area contributed by atoms with E-state index in [1.807, 2.05) is 13.8 Å². The number of methoxy groups -OCH3 is 1. The van der Waals surface area contributed by atoms with E-state index in [0.717, 1.165) is 48.6 Å². The number of benzene rings is 1. The van der Waals surface area contributed by atoms with Gasteiger partial charge in [0, 0.05) is 43.6 Å². The predicted molar refractivity (Wildman–Crippen MR) is 172 cm³/mol. The van der Waals surface area contributed by atoms with Gasteiger partial charge in [-0.2, -0.15) is 11.8 Å². The number of nitrogens with one attached hydrogen (secondary N) is 3. The minimum absolute atomic E-state index is 0.154. The number of hydrogen-bond acceptors (Lipinski definition) is 8. The van der Waals surface area contributed by atoms with Crippen LogP contribution in [0.5, 0.6) is 0 Å². The molecule has 0 spiro atoms. The normalized spacial score (nSPS) is 14.0. The summed E-state index contributed by atoms with van der Waals surface area (Å²) in [5.74, 6) is -1.62. The average Bonchev–Trinajstić information content (AvgIpc) is 2.98. The monoisotopic (exact) mass is 654 g/mol. The van der Waals surface area contributed by atoms with Crippen molar-refractivity contribution in [3.63, 3.8) is 0 Å². The van der Waals surface area contributed by atoms with Gasteiger partial charge in [0.2, 0.25) is 11.8 Å². The van der Waals surface area contributed by atoms with Gasteiger partial charge >= 0.3 is 0 Å². The highest BCUT2D eigenvalue weighted by atomic mass is 32.2. The van der Waals surface area contributed by atoms with Gasteiger partial charge in [-0.1, -0.05) is 27.2 Å². The Morgan fingerprint density at radius 2 is 1.80 bits per heavy atom. The minimum atomic E-state index is -1.46. The number of rotatable bonds is 20. The van der Waals surface area contributed by atoms with Crippen molar-refractivity contribution in [1.29, 1.82) is 0 Å². The van der Waals surface area contributed by atoms with Crippen molar-refractivity contribution in [2.75, 3.05) is 37.5 Å². The number of hydrogen-bond donors (Lipinski definition) is 4. The third-order valence-electron chi connectivity index (χ3n) is 6.43. The molecule has 0 aliphatic carbocycles. The summed E-state index contributed by atoms with van der Waals surface area (Å²) in [4.78, 5) is 43.9. The van der Waals surface area contributed by atoms with Crippen LogP contribution in [0.4, 0.5) is 8.78 Å². The molecule has 244 valence electrons. The number of aliphatic hydroxyl groups excluding tert-OH is 1. The predicted octanol–water partition coefficient (Wildman–Crippen LogP) is 3.60. The van der Waals surface area contributed by atoms with Crippen LogP contribution >= 0.6 is 23.5 Å². The molecule has 1 heterocycles. The topological polar surface area (TPSA) is 130 Å². The summed E-state index contributed by atoms with van der Waals surface area (Å²) in [5, 5.41) is 18.9. The highest BCUT2D eigenvalue weighted by Gasteiger charge is 2.36. The molecule has 0 aliphatic rings. The number of aliphatic hydroxyl groups is 1.